The van der Waals surface area contributed by atoms with Crippen molar-refractivity contribution in [1.82, 2.24) is 9.88 Å². The summed E-state index contributed by atoms with van der Waals surface area (Å²) in [6.45, 7) is 12.0. The van der Waals surface area contributed by atoms with Crippen molar-refractivity contribution in [2.45, 2.75) is 54.1 Å². The van der Waals surface area contributed by atoms with Crippen molar-refractivity contribution in [3.8, 4) is 0 Å². The second-order valence-electron chi connectivity index (χ2n) is 7.49. The minimum absolute atomic E-state index is 0.0369. The van der Waals surface area contributed by atoms with E-state index in [-0.39, 0.29) is 17.5 Å². The molecule has 4 heteroatoms. The molecule has 0 aliphatic rings. The molecule has 0 aliphatic heterocycles. The molecule has 2 rings (SSSR count). The van der Waals surface area contributed by atoms with Crippen LogP contribution in [0.1, 0.15) is 45.7 Å². The highest BCUT2D eigenvalue weighted by Crippen LogP contribution is 2.21. The lowest BCUT2D eigenvalue weighted by Crippen LogP contribution is -2.44. The van der Waals surface area contributed by atoms with Gasteiger partial charge < -0.3 is 9.88 Å². The van der Waals surface area contributed by atoms with Crippen molar-refractivity contribution in [2.24, 2.45) is 5.41 Å². The lowest BCUT2D eigenvalue weighted by molar-refractivity contribution is -0.142. The Morgan fingerprint density at radius 3 is 2.43 bits per heavy atom. The maximum Gasteiger partial charge on any atom is 0.253 e. The molecule has 0 aliphatic carbocycles. The highest BCUT2D eigenvalue weighted by atomic mass is 16.2. The van der Waals surface area contributed by atoms with Crippen LogP contribution in [0.3, 0.4) is 0 Å². The van der Waals surface area contributed by atoms with Crippen LogP contribution in [0.15, 0.2) is 29.1 Å². The summed E-state index contributed by atoms with van der Waals surface area (Å²) in [5, 5.41) is 0.983. The van der Waals surface area contributed by atoms with Crippen LogP contribution in [-0.2, 0) is 11.3 Å². The molecule has 1 aromatic heterocycles. The number of carbonyl (C=O) groups is 1. The van der Waals surface area contributed by atoms with Gasteiger partial charge in [-0.05, 0) is 43.9 Å². The van der Waals surface area contributed by atoms with Crippen molar-refractivity contribution < 1.29 is 4.79 Å². The van der Waals surface area contributed by atoms with Gasteiger partial charge in [-0.15, -0.1) is 0 Å². The van der Waals surface area contributed by atoms with Crippen LogP contribution < -0.4 is 5.56 Å². The number of pyridine rings is 1. The number of H-pyrrole nitrogens is 1. The van der Waals surface area contributed by atoms with Gasteiger partial charge in [0.2, 0.25) is 5.91 Å². The molecule has 23 heavy (non-hydrogen) atoms. The number of rotatable bonds is 3. The molecule has 4 nitrogen and oxygen atoms in total. The van der Waals surface area contributed by atoms with Gasteiger partial charge in [-0.2, -0.15) is 0 Å². The van der Waals surface area contributed by atoms with Crippen LogP contribution >= 0.6 is 0 Å². The molecular weight excluding hydrogens is 288 g/mol. The minimum Gasteiger partial charge on any atom is -0.335 e. The minimum atomic E-state index is -0.467. The van der Waals surface area contributed by atoms with E-state index in [0.29, 0.717) is 12.1 Å². The maximum absolute atomic E-state index is 12.6. The number of amides is 1. The van der Waals surface area contributed by atoms with Crippen LogP contribution in [0.4, 0.5) is 0 Å². The largest absolute Gasteiger partial charge is 0.335 e. The molecule has 0 bridgehead atoms. The van der Waals surface area contributed by atoms with E-state index in [0.717, 1.165) is 16.5 Å². The van der Waals surface area contributed by atoms with Crippen molar-refractivity contribution in [1.29, 1.82) is 0 Å². The standard InChI is InChI=1S/C19H26N2O2/c1-12(2)21(18(23)19(4,5)6)11-15-10-14-8-7-13(3)9-16(14)20-17(15)22/h7-10,12H,11H2,1-6H3,(H,20,22). The summed E-state index contributed by atoms with van der Waals surface area (Å²) >= 11 is 0. The Labute approximate surface area is 137 Å². The summed E-state index contributed by atoms with van der Waals surface area (Å²) in [7, 11) is 0. The molecule has 1 N–H and O–H groups in total. The third-order valence-electron chi connectivity index (χ3n) is 3.94. The van der Waals surface area contributed by atoms with Crippen LogP contribution in [-0.4, -0.2) is 21.8 Å². The number of carbonyl (C=O) groups excluding carboxylic acids is 1. The molecule has 124 valence electrons. The molecule has 0 spiro atoms. The number of benzene rings is 1. The topological polar surface area (TPSA) is 53.2 Å². The van der Waals surface area contributed by atoms with Crippen LogP contribution in [0, 0.1) is 12.3 Å². The number of aromatic amines is 1. The molecule has 0 atom stereocenters. The van der Waals surface area contributed by atoms with E-state index in [1.54, 1.807) is 4.90 Å². The Morgan fingerprint density at radius 1 is 1.22 bits per heavy atom. The summed E-state index contributed by atoms with van der Waals surface area (Å²) in [6.07, 6.45) is 0. The van der Waals surface area contributed by atoms with Crippen molar-refractivity contribution in [2.75, 3.05) is 0 Å². The fraction of sp³-hybridized carbons (Fsp3) is 0.474. The monoisotopic (exact) mass is 314 g/mol. The van der Waals surface area contributed by atoms with Crippen LogP contribution in [0.5, 0.6) is 0 Å². The summed E-state index contributed by atoms with van der Waals surface area (Å²) in [6, 6.07) is 7.90. The number of nitrogens with zero attached hydrogens (tertiary/aromatic N) is 1. The first-order chi connectivity index (χ1) is 10.6. The summed E-state index contributed by atoms with van der Waals surface area (Å²) in [5.74, 6) is 0.0518. The molecule has 1 aromatic carbocycles. The highest BCUT2D eigenvalue weighted by Gasteiger charge is 2.29. The molecular formula is C19H26N2O2. The van der Waals surface area contributed by atoms with Crippen LogP contribution in [0.25, 0.3) is 10.9 Å². The van der Waals surface area contributed by atoms with Crippen molar-refractivity contribution >= 4 is 16.8 Å². The zero-order valence-corrected chi connectivity index (χ0v) is 14.9. The zero-order chi connectivity index (χ0) is 17.4. The summed E-state index contributed by atoms with van der Waals surface area (Å²) < 4.78 is 0. The zero-order valence-electron chi connectivity index (χ0n) is 14.9. The smallest absolute Gasteiger partial charge is 0.253 e. The Balaban J connectivity index is 2.43. The van der Waals surface area contributed by atoms with Gasteiger partial charge >= 0.3 is 0 Å². The Morgan fingerprint density at radius 2 is 1.87 bits per heavy atom. The van der Waals surface area contributed by atoms with Gasteiger partial charge in [0, 0.05) is 22.5 Å². The SMILES string of the molecule is Cc1ccc2cc(CN(C(=O)C(C)(C)C)C(C)C)c(=O)[nH]c2c1. The predicted octanol–water partition coefficient (Wildman–Crippen LogP) is 3.62. The third kappa shape index (κ3) is 3.81. The molecule has 2 aromatic rings. The number of nitrogens with one attached hydrogen (secondary N) is 1. The average molecular weight is 314 g/mol. The van der Waals surface area contributed by atoms with E-state index in [1.165, 1.54) is 0 Å². The normalized spacial score (nSPS) is 12.0. The summed E-state index contributed by atoms with van der Waals surface area (Å²) in [4.78, 5) is 29.7. The van der Waals surface area contributed by atoms with Gasteiger partial charge in [0.05, 0.1) is 6.54 Å². The van der Waals surface area contributed by atoms with E-state index in [4.69, 9.17) is 0 Å². The van der Waals surface area contributed by atoms with Gasteiger partial charge in [-0.25, -0.2) is 0 Å². The quantitative estimate of drug-likeness (QED) is 0.940. The first-order valence-electron chi connectivity index (χ1n) is 8.03. The van der Waals surface area contributed by atoms with E-state index in [2.05, 4.69) is 4.98 Å². The predicted molar refractivity (Wildman–Crippen MR) is 94.4 cm³/mol. The van der Waals surface area contributed by atoms with E-state index < -0.39 is 5.41 Å². The van der Waals surface area contributed by atoms with Gasteiger partial charge in [0.15, 0.2) is 0 Å². The number of aryl methyl sites for hydroxylation is 1. The molecule has 0 unspecified atom stereocenters. The Kier molecular flexibility index (Phi) is 4.64. The molecule has 1 amide bonds. The van der Waals surface area contributed by atoms with E-state index >= 15 is 0 Å². The number of hydrogen-bond donors (Lipinski definition) is 1. The molecule has 1 heterocycles. The first kappa shape index (κ1) is 17.3. The third-order valence-corrected chi connectivity index (χ3v) is 3.94. The maximum atomic E-state index is 12.6. The second kappa shape index (κ2) is 6.19. The molecule has 0 fully saturated rings. The van der Waals surface area contributed by atoms with Crippen molar-refractivity contribution in [3.05, 3.63) is 45.7 Å². The number of aromatic nitrogens is 1. The molecule has 0 radical (unpaired) electrons. The lowest BCUT2D eigenvalue weighted by atomic mass is 9.93. The molecule has 0 saturated carbocycles. The van der Waals surface area contributed by atoms with E-state index in [9.17, 15) is 9.59 Å². The average Bonchev–Trinajstić information content (AvgIpc) is 2.43. The summed E-state index contributed by atoms with van der Waals surface area (Å²) in [5.41, 5.74) is 1.96. The fourth-order valence-electron chi connectivity index (χ4n) is 2.58. The van der Waals surface area contributed by atoms with Gasteiger partial charge in [-0.1, -0.05) is 32.9 Å². The lowest BCUT2D eigenvalue weighted by Gasteiger charge is -2.32. The number of fused-ring (bicyclic) bond motifs is 1. The van der Waals surface area contributed by atoms with Crippen molar-refractivity contribution in [3.63, 3.8) is 0 Å². The highest BCUT2D eigenvalue weighted by molar-refractivity contribution is 5.82. The van der Waals surface area contributed by atoms with Gasteiger partial charge in [0.25, 0.3) is 5.56 Å². The fourth-order valence-corrected chi connectivity index (χ4v) is 2.58. The number of hydrogen-bond acceptors (Lipinski definition) is 2. The van der Waals surface area contributed by atoms with Gasteiger partial charge in [0.1, 0.15) is 0 Å². The Hall–Kier alpha value is -2.10. The second-order valence-corrected chi connectivity index (χ2v) is 7.49. The Bertz CT molecular complexity index is 782. The first-order valence-corrected chi connectivity index (χ1v) is 8.03. The van der Waals surface area contributed by atoms with Crippen LogP contribution in [0.2, 0.25) is 0 Å². The molecule has 0 saturated heterocycles. The van der Waals surface area contributed by atoms with Gasteiger partial charge in [-0.3, -0.25) is 9.59 Å². The van der Waals surface area contributed by atoms with E-state index in [1.807, 2.05) is 65.8 Å².